The molecule has 0 bridgehead atoms. The number of hydrogen-bond donors (Lipinski definition) is 2. The van der Waals surface area contributed by atoms with Crippen LogP contribution in [0.25, 0.3) is 17.1 Å². The number of nitrogens with one attached hydrogen (secondary N) is 1. The topological polar surface area (TPSA) is 119 Å². The highest BCUT2D eigenvalue weighted by atomic mass is 19.1. The van der Waals surface area contributed by atoms with Crippen LogP contribution in [0.5, 0.6) is 0 Å². The number of nitrogen functional groups attached to an aromatic ring is 1. The van der Waals surface area contributed by atoms with Crippen LogP contribution in [-0.4, -0.2) is 49.8 Å². The SMILES string of the molecule is Nc1cccc(-c2cn(-c3ccccc3CCC(=O)N3CCNC(=O)C3c3ccccc3F)nn2)n1. The first-order valence-electron chi connectivity index (χ1n) is 11.6. The molecule has 2 amide bonds. The zero-order valence-corrected chi connectivity index (χ0v) is 19.3. The van der Waals surface area contributed by atoms with Crippen molar-refractivity contribution >= 4 is 17.6 Å². The molecule has 1 aliphatic heterocycles. The molecule has 1 fully saturated rings. The van der Waals surface area contributed by atoms with Gasteiger partial charge in [0.1, 0.15) is 23.4 Å². The lowest BCUT2D eigenvalue weighted by Gasteiger charge is -2.35. The Morgan fingerprint density at radius 3 is 2.69 bits per heavy atom. The van der Waals surface area contributed by atoms with Crippen molar-refractivity contribution < 1.29 is 14.0 Å². The van der Waals surface area contributed by atoms with Crippen molar-refractivity contribution in [2.24, 2.45) is 0 Å². The van der Waals surface area contributed by atoms with Crippen molar-refractivity contribution in [2.75, 3.05) is 18.8 Å². The van der Waals surface area contributed by atoms with Crippen LogP contribution >= 0.6 is 0 Å². The molecule has 10 heteroatoms. The summed E-state index contributed by atoms with van der Waals surface area (Å²) in [7, 11) is 0. The molecule has 3 heterocycles. The summed E-state index contributed by atoms with van der Waals surface area (Å²) in [6.45, 7) is 0.636. The van der Waals surface area contributed by atoms with Gasteiger partial charge in [-0.3, -0.25) is 9.59 Å². The van der Waals surface area contributed by atoms with Gasteiger partial charge in [-0.05, 0) is 36.2 Å². The average Bonchev–Trinajstić information content (AvgIpc) is 3.38. The fourth-order valence-electron chi connectivity index (χ4n) is 4.37. The molecule has 2 aromatic carbocycles. The van der Waals surface area contributed by atoms with Gasteiger partial charge < -0.3 is 16.0 Å². The summed E-state index contributed by atoms with van der Waals surface area (Å²) in [5, 5.41) is 11.2. The Hall–Kier alpha value is -4.60. The van der Waals surface area contributed by atoms with Crippen LogP contribution in [-0.2, 0) is 16.0 Å². The number of nitrogens with two attached hydrogens (primary N) is 1. The minimum atomic E-state index is -0.994. The second kappa shape index (κ2) is 9.95. The van der Waals surface area contributed by atoms with Crippen LogP contribution in [0.4, 0.5) is 10.2 Å². The number of nitrogens with zero attached hydrogens (tertiary/aromatic N) is 5. The van der Waals surface area contributed by atoms with E-state index in [1.807, 2.05) is 24.3 Å². The predicted octanol–water partition coefficient (Wildman–Crippen LogP) is 2.68. The highest BCUT2D eigenvalue weighted by Gasteiger charge is 2.35. The molecule has 1 unspecified atom stereocenters. The van der Waals surface area contributed by atoms with E-state index in [4.69, 9.17) is 5.73 Å². The van der Waals surface area contributed by atoms with Crippen LogP contribution in [0.3, 0.4) is 0 Å². The highest BCUT2D eigenvalue weighted by molar-refractivity contribution is 5.90. The molecule has 1 atom stereocenters. The smallest absolute Gasteiger partial charge is 0.247 e. The maximum Gasteiger partial charge on any atom is 0.247 e. The minimum absolute atomic E-state index is 0.146. The number of halogens is 1. The van der Waals surface area contributed by atoms with E-state index < -0.39 is 11.9 Å². The second-order valence-corrected chi connectivity index (χ2v) is 8.43. The molecular formula is C26H24FN7O2. The minimum Gasteiger partial charge on any atom is -0.384 e. The van der Waals surface area contributed by atoms with E-state index in [0.717, 1.165) is 11.3 Å². The number of carbonyl (C=O) groups excluding carboxylic acids is 2. The third-order valence-corrected chi connectivity index (χ3v) is 6.11. The Morgan fingerprint density at radius 2 is 1.86 bits per heavy atom. The molecule has 0 aliphatic carbocycles. The second-order valence-electron chi connectivity index (χ2n) is 8.43. The predicted molar refractivity (Wildman–Crippen MR) is 131 cm³/mol. The molecule has 0 saturated carbocycles. The molecule has 0 radical (unpaired) electrons. The monoisotopic (exact) mass is 485 g/mol. The van der Waals surface area contributed by atoms with E-state index in [-0.39, 0.29) is 23.8 Å². The van der Waals surface area contributed by atoms with Crippen LogP contribution in [0, 0.1) is 5.82 Å². The van der Waals surface area contributed by atoms with Crippen LogP contribution in [0.15, 0.2) is 72.9 Å². The van der Waals surface area contributed by atoms with Crippen molar-refractivity contribution in [2.45, 2.75) is 18.9 Å². The van der Waals surface area contributed by atoms with Crippen molar-refractivity contribution in [3.63, 3.8) is 0 Å². The highest BCUT2D eigenvalue weighted by Crippen LogP contribution is 2.27. The number of piperazine rings is 1. The molecule has 182 valence electrons. The molecule has 0 spiro atoms. The molecule has 4 aromatic rings. The molecule has 3 N–H and O–H groups in total. The molecule has 1 aliphatic rings. The maximum absolute atomic E-state index is 14.5. The number of carbonyl (C=O) groups is 2. The van der Waals surface area contributed by atoms with E-state index in [1.54, 1.807) is 41.2 Å². The molecule has 2 aromatic heterocycles. The molecule has 5 rings (SSSR count). The fourth-order valence-corrected chi connectivity index (χ4v) is 4.37. The van der Waals surface area contributed by atoms with Gasteiger partial charge in [0.05, 0.1) is 17.6 Å². The van der Waals surface area contributed by atoms with Crippen molar-refractivity contribution in [3.8, 4) is 17.1 Å². The number of hydrogen-bond acceptors (Lipinski definition) is 6. The van der Waals surface area contributed by atoms with Gasteiger partial charge in [-0.15, -0.1) is 5.10 Å². The number of pyridine rings is 1. The fraction of sp³-hybridized carbons (Fsp3) is 0.192. The molecular weight excluding hydrogens is 461 g/mol. The Morgan fingerprint density at radius 1 is 1.06 bits per heavy atom. The summed E-state index contributed by atoms with van der Waals surface area (Å²) in [4.78, 5) is 31.6. The third-order valence-electron chi connectivity index (χ3n) is 6.11. The standard InChI is InChI=1S/C26H24FN7O2/c27-19-8-3-2-7-18(19)25-26(36)29-14-15-33(25)24(35)13-12-17-6-1-4-10-22(17)34-16-21(31-32-34)20-9-5-11-23(28)30-20/h1-11,16,25H,12-15H2,(H2,28,30)(H,29,36). The van der Waals surface area contributed by atoms with Crippen molar-refractivity contribution in [1.29, 1.82) is 0 Å². The van der Waals surface area contributed by atoms with E-state index in [9.17, 15) is 14.0 Å². The lowest BCUT2D eigenvalue weighted by atomic mass is 10.00. The zero-order valence-electron chi connectivity index (χ0n) is 19.3. The number of benzene rings is 2. The van der Waals surface area contributed by atoms with E-state index in [2.05, 4.69) is 20.6 Å². The summed E-state index contributed by atoms with van der Waals surface area (Å²) in [6.07, 6.45) is 2.31. The number of aryl methyl sites for hydroxylation is 1. The van der Waals surface area contributed by atoms with Gasteiger partial charge in [0, 0.05) is 25.1 Å². The van der Waals surface area contributed by atoms with Crippen molar-refractivity contribution in [1.82, 2.24) is 30.2 Å². The van der Waals surface area contributed by atoms with Crippen LogP contribution in [0.2, 0.25) is 0 Å². The normalized spacial score (nSPS) is 15.5. The number of para-hydroxylation sites is 1. The van der Waals surface area contributed by atoms with E-state index >= 15 is 0 Å². The average molecular weight is 486 g/mol. The third kappa shape index (κ3) is 4.65. The molecule has 9 nitrogen and oxygen atoms in total. The summed E-state index contributed by atoms with van der Waals surface area (Å²) in [6, 6.07) is 17.9. The number of rotatable bonds is 6. The lowest BCUT2D eigenvalue weighted by molar-refractivity contribution is -0.143. The number of amides is 2. The number of anilines is 1. The first-order valence-corrected chi connectivity index (χ1v) is 11.6. The largest absolute Gasteiger partial charge is 0.384 e. The lowest BCUT2D eigenvalue weighted by Crippen LogP contribution is -2.52. The quantitative estimate of drug-likeness (QED) is 0.433. The van der Waals surface area contributed by atoms with E-state index in [1.165, 1.54) is 17.0 Å². The van der Waals surface area contributed by atoms with Gasteiger partial charge >= 0.3 is 0 Å². The first-order chi connectivity index (χ1) is 17.5. The van der Waals surface area contributed by atoms with Crippen molar-refractivity contribution in [3.05, 3.63) is 89.9 Å². The van der Waals surface area contributed by atoms with Gasteiger partial charge in [-0.25, -0.2) is 14.1 Å². The van der Waals surface area contributed by atoms with Gasteiger partial charge in [0.25, 0.3) is 0 Å². The van der Waals surface area contributed by atoms with E-state index in [0.29, 0.717) is 36.7 Å². The summed E-state index contributed by atoms with van der Waals surface area (Å²) < 4.78 is 16.1. The first kappa shape index (κ1) is 23.2. The summed E-state index contributed by atoms with van der Waals surface area (Å²) >= 11 is 0. The summed E-state index contributed by atoms with van der Waals surface area (Å²) in [5.41, 5.74) is 8.80. The van der Waals surface area contributed by atoms with Gasteiger partial charge in [0.15, 0.2) is 0 Å². The van der Waals surface area contributed by atoms with Gasteiger partial charge in [0.2, 0.25) is 11.8 Å². The zero-order chi connectivity index (χ0) is 25.1. The maximum atomic E-state index is 14.5. The molecule has 1 saturated heterocycles. The van der Waals surface area contributed by atoms with Crippen LogP contribution in [0.1, 0.15) is 23.6 Å². The van der Waals surface area contributed by atoms with Crippen LogP contribution < -0.4 is 11.1 Å². The Bertz CT molecular complexity index is 1420. The van der Waals surface area contributed by atoms with Gasteiger partial charge in [-0.1, -0.05) is 47.7 Å². The van der Waals surface area contributed by atoms with Gasteiger partial charge in [-0.2, -0.15) is 0 Å². The Kier molecular flexibility index (Phi) is 6.40. The number of aromatic nitrogens is 4. The molecule has 36 heavy (non-hydrogen) atoms. The Labute approximate surface area is 206 Å². The Balaban J connectivity index is 1.35. The summed E-state index contributed by atoms with van der Waals surface area (Å²) in [5.74, 6) is -0.734.